The molecule has 3 nitrogen and oxygen atoms in total. The molecular formula is C19H11ClF3N3S. The van der Waals surface area contributed by atoms with Crippen molar-refractivity contribution in [2.45, 2.75) is 6.18 Å². The SMILES string of the molecule is FC(F)(F)c1ccc(Cl)c(Nc2ncnc3sc(-c4ccccc4)cc23)c1. The van der Waals surface area contributed by atoms with Crippen LogP contribution in [0.4, 0.5) is 24.7 Å². The van der Waals surface area contributed by atoms with Gasteiger partial charge in [0.25, 0.3) is 0 Å². The Balaban J connectivity index is 1.76. The second-order valence-corrected chi connectivity index (χ2v) is 7.17. The van der Waals surface area contributed by atoms with Crippen molar-refractivity contribution >= 4 is 44.7 Å². The zero-order valence-corrected chi connectivity index (χ0v) is 15.2. The summed E-state index contributed by atoms with van der Waals surface area (Å²) >= 11 is 7.56. The molecule has 0 saturated heterocycles. The summed E-state index contributed by atoms with van der Waals surface area (Å²) in [6, 6.07) is 14.8. The Hall–Kier alpha value is -2.64. The third-order valence-corrected chi connectivity index (χ3v) is 5.36. The van der Waals surface area contributed by atoms with Crippen molar-refractivity contribution in [1.82, 2.24) is 9.97 Å². The lowest BCUT2D eigenvalue weighted by atomic mass is 10.1. The monoisotopic (exact) mass is 405 g/mol. The van der Waals surface area contributed by atoms with E-state index in [1.165, 1.54) is 23.7 Å². The molecule has 0 atom stereocenters. The summed E-state index contributed by atoms with van der Waals surface area (Å²) in [5.74, 6) is 0.402. The molecule has 0 radical (unpaired) electrons. The van der Waals surface area contributed by atoms with Gasteiger partial charge in [-0.05, 0) is 29.8 Å². The van der Waals surface area contributed by atoms with Crippen LogP contribution >= 0.6 is 22.9 Å². The van der Waals surface area contributed by atoms with Gasteiger partial charge in [0, 0.05) is 4.88 Å². The number of hydrogen-bond donors (Lipinski definition) is 1. The van der Waals surface area contributed by atoms with Crippen molar-refractivity contribution in [3.8, 4) is 10.4 Å². The molecule has 0 saturated carbocycles. The van der Waals surface area contributed by atoms with Crippen LogP contribution in [0.15, 0.2) is 60.9 Å². The number of aromatic nitrogens is 2. The largest absolute Gasteiger partial charge is 0.416 e. The fourth-order valence-electron chi connectivity index (χ4n) is 2.62. The molecule has 0 unspecified atom stereocenters. The average Bonchev–Trinajstić information content (AvgIpc) is 3.09. The fourth-order valence-corrected chi connectivity index (χ4v) is 3.79. The van der Waals surface area contributed by atoms with E-state index in [0.29, 0.717) is 5.82 Å². The van der Waals surface area contributed by atoms with Gasteiger partial charge in [0.1, 0.15) is 17.0 Å². The van der Waals surface area contributed by atoms with Crippen molar-refractivity contribution in [2.24, 2.45) is 0 Å². The molecule has 27 heavy (non-hydrogen) atoms. The number of nitrogens with one attached hydrogen (secondary N) is 1. The molecule has 1 N–H and O–H groups in total. The fraction of sp³-hybridized carbons (Fsp3) is 0.0526. The summed E-state index contributed by atoms with van der Waals surface area (Å²) in [6.07, 6.45) is -3.08. The van der Waals surface area contributed by atoms with Crippen molar-refractivity contribution in [2.75, 3.05) is 5.32 Å². The Morgan fingerprint density at radius 2 is 1.74 bits per heavy atom. The van der Waals surface area contributed by atoms with Crippen LogP contribution < -0.4 is 5.32 Å². The minimum absolute atomic E-state index is 0.138. The second kappa shape index (κ2) is 6.83. The first kappa shape index (κ1) is 17.8. The van der Waals surface area contributed by atoms with Crippen molar-refractivity contribution in [1.29, 1.82) is 0 Å². The van der Waals surface area contributed by atoms with E-state index in [1.807, 2.05) is 36.4 Å². The van der Waals surface area contributed by atoms with E-state index in [2.05, 4.69) is 15.3 Å². The summed E-state index contributed by atoms with van der Waals surface area (Å²) in [7, 11) is 0. The third kappa shape index (κ3) is 3.61. The van der Waals surface area contributed by atoms with Crippen LogP contribution in [-0.2, 0) is 6.18 Å². The van der Waals surface area contributed by atoms with Gasteiger partial charge >= 0.3 is 6.18 Å². The third-order valence-electron chi connectivity index (χ3n) is 3.93. The Morgan fingerprint density at radius 1 is 0.963 bits per heavy atom. The topological polar surface area (TPSA) is 37.8 Å². The predicted octanol–water partition coefficient (Wildman–Crippen LogP) is 6.77. The smallest absolute Gasteiger partial charge is 0.338 e. The van der Waals surface area contributed by atoms with Gasteiger partial charge in [0.05, 0.1) is 21.7 Å². The Bertz CT molecular complexity index is 1110. The minimum atomic E-state index is -4.45. The first-order valence-corrected chi connectivity index (χ1v) is 9.05. The lowest BCUT2D eigenvalue weighted by Crippen LogP contribution is -2.06. The van der Waals surface area contributed by atoms with Gasteiger partial charge in [-0.2, -0.15) is 13.2 Å². The van der Waals surface area contributed by atoms with Gasteiger partial charge in [-0.3, -0.25) is 0 Å². The molecule has 0 spiro atoms. The van der Waals surface area contributed by atoms with E-state index < -0.39 is 11.7 Å². The number of nitrogens with zero attached hydrogens (tertiary/aromatic N) is 2. The number of halogens is 4. The lowest BCUT2D eigenvalue weighted by molar-refractivity contribution is -0.137. The summed E-state index contributed by atoms with van der Waals surface area (Å²) < 4.78 is 39.0. The molecule has 2 heterocycles. The minimum Gasteiger partial charge on any atom is -0.338 e. The Labute approximate surface area is 161 Å². The second-order valence-electron chi connectivity index (χ2n) is 5.74. The normalized spacial score (nSPS) is 11.7. The maximum absolute atomic E-state index is 13.0. The standard InChI is InChI=1S/C19H11ClF3N3S/c20-14-7-6-12(19(21,22)23)8-15(14)26-17-13-9-16(11-4-2-1-3-5-11)27-18(13)25-10-24-17/h1-10H,(H,24,25,26). The van der Waals surface area contributed by atoms with E-state index in [0.717, 1.165) is 32.8 Å². The molecule has 0 amide bonds. The molecule has 0 aliphatic heterocycles. The van der Waals surface area contributed by atoms with Gasteiger partial charge in [0.2, 0.25) is 0 Å². The van der Waals surface area contributed by atoms with Crippen LogP contribution in [0.1, 0.15) is 5.56 Å². The van der Waals surface area contributed by atoms with E-state index in [4.69, 9.17) is 11.6 Å². The molecule has 0 aliphatic carbocycles. The average molecular weight is 406 g/mol. The molecule has 2 aromatic carbocycles. The Morgan fingerprint density at radius 3 is 2.48 bits per heavy atom. The first-order valence-electron chi connectivity index (χ1n) is 7.85. The summed E-state index contributed by atoms with van der Waals surface area (Å²) in [5, 5.41) is 3.81. The number of fused-ring (bicyclic) bond motifs is 1. The molecule has 4 aromatic rings. The van der Waals surface area contributed by atoms with Gasteiger partial charge in [-0.15, -0.1) is 11.3 Å². The molecule has 0 bridgehead atoms. The predicted molar refractivity (Wildman–Crippen MR) is 103 cm³/mol. The lowest BCUT2D eigenvalue weighted by Gasteiger charge is -2.12. The molecular weight excluding hydrogens is 395 g/mol. The van der Waals surface area contributed by atoms with Gasteiger partial charge in [0.15, 0.2) is 0 Å². The van der Waals surface area contributed by atoms with E-state index >= 15 is 0 Å². The van der Waals surface area contributed by atoms with Crippen LogP contribution in [0.3, 0.4) is 0 Å². The highest BCUT2D eigenvalue weighted by Gasteiger charge is 2.31. The molecule has 136 valence electrons. The van der Waals surface area contributed by atoms with E-state index in [9.17, 15) is 13.2 Å². The highest BCUT2D eigenvalue weighted by atomic mass is 35.5. The molecule has 0 fully saturated rings. The number of anilines is 2. The van der Waals surface area contributed by atoms with Gasteiger partial charge in [-0.25, -0.2) is 9.97 Å². The van der Waals surface area contributed by atoms with Crippen LogP contribution in [0.2, 0.25) is 5.02 Å². The zero-order chi connectivity index (χ0) is 19.0. The van der Waals surface area contributed by atoms with Crippen molar-refractivity contribution in [3.63, 3.8) is 0 Å². The summed E-state index contributed by atoms with van der Waals surface area (Å²) in [5.41, 5.74) is 0.387. The van der Waals surface area contributed by atoms with E-state index in [1.54, 1.807) is 0 Å². The maximum Gasteiger partial charge on any atom is 0.416 e. The van der Waals surface area contributed by atoms with E-state index in [-0.39, 0.29) is 10.7 Å². The van der Waals surface area contributed by atoms with Crippen molar-refractivity contribution in [3.05, 3.63) is 71.5 Å². The number of rotatable bonds is 3. The number of thiophene rings is 1. The van der Waals surface area contributed by atoms with Crippen LogP contribution in [0.25, 0.3) is 20.7 Å². The van der Waals surface area contributed by atoms with Crippen LogP contribution in [-0.4, -0.2) is 9.97 Å². The summed E-state index contributed by atoms with van der Waals surface area (Å²) in [6.45, 7) is 0. The molecule has 0 aliphatic rings. The molecule has 4 rings (SSSR count). The van der Waals surface area contributed by atoms with Gasteiger partial charge in [-0.1, -0.05) is 41.9 Å². The van der Waals surface area contributed by atoms with Crippen LogP contribution in [0, 0.1) is 0 Å². The molecule has 2 aromatic heterocycles. The highest BCUT2D eigenvalue weighted by Crippen LogP contribution is 2.38. The van der Waals surface area contributed by atoms with Crippen LogP contribution in [0.5, 0.6) is 0 Å². The summed E-state index contributed by atoms with van der Waals surface area (Å²) in [4.78, 5) is 10.2. The number of alkyl halides is 3. The van der Waals surface area contributed by atoms with Crippen molar-refractivity contribution < 1.29 is 13.2 Å². The maximum atomic E-state index is 13.0. The van der Waals surface area contributed by atoms with Gasteiger partial charge < -0.3 is 5.32 Å². The quantitative estimate of drug-likeness (QED) is 0.408. The molecule has 8 heteroatoms. The number of benzene rings is 2. The Kier molecular flexibility index (Phi) is 4.49. The highest BCUT2D eigenvalue weighted by molar-refractivity contribution is 7.21. The zero-order valence-electron chi connectivity index (χ0n) is 13.6. The number of hydrogen-bond acceptors (Lipinski definition) is 4. The first-order chi connectivity index (χ1) is 12.9.